The van der Waals surface area contributed by atoms with E-state index in [-0.39, 0.29) is 6.04 Å². The van der Waals surface area contributed by atoms with Crippen molar-refractivity contribution in [1.82, 2.24) is 40.2 Å². The number of aryl methyl sites for hydroxylation is 3. The van der Waals surface area contributed by atoms with E-state index in [9.17, 15) is 0 Å². The average Bonchev–Trinajstić information content (AvgIpc) is 3.57. The number of rotatable bonds is 8. The summed E-state index contributed by atoms with van der Waals surface area (Å²) < 4.78 is 1.80. The molecule has 39 heavy (non-hydrogen) atoms. The molecule has 4 aromatic heterocycles. The Kier molecular flexibility index (Phi) is 9.11. The highest BCUT2D eigenvalue weighted by molar-refractivity contribution is 5.52. The van der Waals surface area contributed by atoms with Crippen molar-refractivity contribution >= 4 is 11.6 Å². The summed E-state index contributed by atoms with van der Waals surface area (Å²) in [5.74, 6) is 4.08. The topological polar surface area (TPSA) is 109 Å². The molecule has 1 fully saturated rings. The van der Waals surface area contributed by atoms with E-state index in [0.717, 1.165) is 77.2 Å². The van der Waals surface area contributed by atoms with Crippen LogP contribution in [-0.4, -0.2) is 34.9 Å². The van der Waals surface area contributed by atoms with Gasteiger partial charge < -0.3 is 10.6 Å². The number of nitrogens with one attached hydrogen (secondary N) is 3. The molecule has 0 radical (unpaired) electrons. The number of aromatic nitrogens is 7. The number of anilines is 2. The average molecular weight is 528 g/mol. The number of pyridine rings is 1. The van der Waals surface area contributed by atoms with Crippen molar-refractivity contribution in [2.75, 3.05) is 5.32 Å². The molecule has 9 nitrogen and oxygen atoms in total. The van der Waals surface area contributed by atoms with Gasteiger partial charge in [-0.3, -0.25) is 5.10 Å². The lowest BCUT2D eigenvalue weighted by Crippen LogP contribution is -2.26. The smallest absolute Gasteiger partial charge is 0.153 e. The summed E-state index contributed by atoms with van der Waals surface area (Å²) in [5.41, 5.74) is 5.31. The van der Waals surface area contributed by atoms with Gasteiger partial charge in [0.25, 0.3) is 0 Å². The first-order valence-electron chi connectivity index (χ1n) is 13.9. The largest absolute Gasteiger partial charge is 0.382 e. The van der Waals surface area contributed by atoms with Gasteiger partial charge in [-0.25, -0.2) is 19.6 Å². The van der Waals surface area contributed by atoms with Crippen LogP contribution in [0.3, 0.4) is 0 Å². The van der Waals surface area contributed by atoms with Gasteiger partial charge in [0.2, 0.25) is 0 Å². The molecule has 1 atom stereocenters. The molecular weight excluding hydrogens is 486 g/mol. The molecule has 0 amide bonds. The summed E-state index contributed by atoms with van der Waals surface area (Å²) in [6.07, 6.45) is 9.95. The molecule has 1 aliphatic carbocycles. The van der Waals surface area contributed by atoms with Gasteiger partial charge >= 0.3 is 0 Å². The zero-order valence-corrected chi connectivity index (χ0v) is 24.0. The standard InChI is InChI=1S/C28H35N9.C2H6/c1-17-14-30-37(16-17)27-11-10-24(15-29-27)21(5)32-20(4)22-6-8-23(9-7-22)28-31-18(2)12-25(34-28)33-26-13-19(3)35-36-26;1-2/h10-16,21-23,32H,4,6-9H2,1-3,5H3,(H2,31,33,34,35,36);1-2H3/t21-,22?,23?;/m0./s1. The van der Waals surface area contributed by atoms with E-state index in [1.807, 2.05) is 71.4 Å². The summed E-state index contributed by atoms with van der Waals surface area (Å²) in [6.45, 7) is 16.6. The Balaban J connectivity index is 0.00000172. The fourth-order valence-electron chi connectivity index (χ4n) is 4.96. The second-order valence-electron chi connectivity index (χ2n) is 10.2. The summed E-state index contributed by atoms with van der Waals surface area (Å²) >= 11 is 0. The molecule has 0 spiro atoms. The minimum absolute atomic E-state index is 0.130. The third-order valence-electron chi connectivity index (χ3n) is 7.04. The fourth-order valence-corrected chi connectivity index (χ4v) is 4.96. The van der Waals surface area contributed by atoms with Crippen LogP contribution in [0.4, 0.5) is 11.6 Å². The Morgan fingerprint density at radius 3 is 2.41 bits per heavy atom. The molecule has 3 N–H and O–H groups in total. The lowest BCUT2D eigenvalue weighted by Gasteiger charge is -2.31. The van der Waals surface area contributed by atoms with Crippen LogP contribution in [0.5, 0.6) is 0 Å². The van der Waals surface area contributed by atoms with Crippen LogP contribution >= 0.6 is 0 Å². The predicted octanol–water partition coefficient (Wildman–Crippen LogP) is 6.61. The van der Waals surface area contributed by atoms with Crippen LogP contribution in [0, 0.1) is 26.7 Å². The van der Waals surface area contributed by atoms with Gasteiger partial charge in [0, 0.05) is 53.6 Å². The van der Waals surface area contributed by atoms with E-state index in [2.05, 4.69) is 50.5 Å². The molecule has 0 bridgehead atoms. The first-order valence-corrected chi connectivity index (χ1v) is 13.9. The van der Waals surface area contributed by atoms with Gasteiger partial charge in [0.05, 0.1) is 6.20 Å². The molecule has 4 heterocycles. The molecule has 1 aliphatic rings. The highest BCUT2D eigenvalue weighted by atomic mass is 15.3. The van der Waals surface area contributed by atoms with Crippen molar-refractivity contribution < 1.29 is 0 Å². The number of aromatic amines is 1. The lowest BCUT2D eigenvalue weighted by molar-refractivity contribution is 0.338. The molecule has 5 rings (SSSR count). The van der Waals surface area contributed by atoms with Gasteiger partial charge in [-0.1, -0.05) is 26.5 Å². The van der Waals surface area contributed by atoms with Crippen molar-refractivity contribution in [2.45, 2.75) is 79.2 Å². The molecule has 1 saturated carbocycles. The maximum Gasteiger partial charge on any atom is 0.153 e. The minimum Gasteiger partial charge on any atom is -0.382 e. The van der Waals surface area contributed by atoms with Gasteiger partial charge in [-0.05, 0) is 76.5 Å². The van der Waals surface area contributed by atoms with Crippen LogP contribution < -0.4 is 10.6 Å². The predicted molar refractivity (Wildman–Crippen MR) is 156 cm³/mol. The monoisotopic (exact) mass is 527 g/mol. The highest BCUT2D eigenvalue weighted by Gasteiger charge is 2.27. The molecule has 0 aliphatic heterocycles. The van der Waals surface area contributed by atoms with Crippen molar-refractivity contribution in [3.63, 3.8) is 0 Å². The third kappa shape index (κ3) is 7.10. The van der Waals surface area contributed by atoms with E-state index in [1.54, 1.807) is 4.68 Å². The van der Waals surface area contributed by atoms with Crippen LogP contribution in [0.25, 0.3) is 5.82 Å². The van der Waals surface area contributed by atoms with Gasteiger partial charge in [-0.2, -0.15) is 10.2 Å². The fraction of sp³-hybridized carbons (Fsp3) is 0.433. The molecule has 206 valence electrons. The summed E-state index contributed by atoms with van der Waals surface area (Å²) in [6, 6.07) is 8.17. The summed E-state index contributed by atoms with van der Waals surface area (Å²) in [4.78, 5) is 14.2. The van der Waals surface area contributed by atoms with Crippen LogP contribution in [0.2, 0.25) is 0 Å². The van der Waals surface area contributed by atoms with Crippen molar-refractivity contribution in [2.24, 2.45) is 5.92 Å². The zero-order valence-electron chi connectivity index (χ0n) is 24.0. The third-order valence-corrected chi connectivity index (χ3v) is 7.04. The molecular formula is C30H41N9. The van der Waals surface area contributed by atoms with Gasteiger partial charge in [-0.15, -0.1) is 0 Å². The molecule has 0 saturated heterocycles. The Morgan fingerprint density at radius 1 is 1.03 bits per heavy atom. The number of allylic oxidation sites excluding steroid dienone is 1. The number of hydrogen-bond donors (Lipinski definition) is 3. The van der Waals surface area contributed by atoms with Gasteiger partial charge in [0.15, 0.2) is 11.6 Å². The normalized spacial score (nSPS) is 17.6. The summed E-state index contributed by atoms with van der Waals surface area (Å²) in [7, 11) is 0. The Labute approximate surface area is 231 Å². The van der Waals surface area contributed by atoms with E-state index in [0.29, 0.717) is 11.8 Å². The minimum atomic E-state index is 0.130. The first kappa shape index (κ1) is 28.0. The molecule has 0 aromatic carbocycles. The second-order valence-corrected chi connectivity index (χ2v) is 10.2. The van der Waals surface area contributed by atoms with Crippen molar-refractivity contribution in [3.8, 4) is 5.82 Å². The maximum atomic E-state index is 4.82. The zero-order chi connectivity index (χ0) is 27.9. The lowest BCUT2D eigenvalue weighted by atomic mass is 9.80. The van der Waals surface area contributed by atoms with Gasteiger partial charge in [0.1, 0.15) is 11.6 Å². The van der Waals surface area contributed by atoms with Crippen LogP contribution in [-0.2, 0) is 0 Å². The van der Waals surface area contributed by atoms with Crippen molar-refractivity contribution in [3.05, 3.63) is 83.5 Å². The second kappa shape index (κ2) is 12.7. The molecule has 4 aromatic rings. The number of nitrogens with zero attached hydrogens (tertiary/aromatic N) is 6. The molecule has 0 unspecified atom stereocenters. The summed E-state index contributed by atoms with van der Waals surface area (Å²) in [5, 5.41) is 18.5. The first-order chi connectivity index (χ1) is 18.8. The maximum absolute atomic E-state index is 4.82. The quantitative estimate of drug-likeness (QED) is 0.236. The van der Waals surface area contributed by atoms with Crippen LogP contribution in [0.15, 0.2) is 55.1 Å². The SMILES string of the molecule is C=C(N[C@@H](C)c1ccc(-n2cc(C)cn2)nc1)C1CCC(c2nc(C)cc(Nc3cc(C)[nH]n3)n2)CC1.CC. The number of H-pyrrole nitrogens is 1. The Morgan fingerprint density at radius 2 is 1.79 bits per heavy atom. The van der Waals surface area contributed by atoms with E-state index >= 15 is 0 Å². The Bertz CT molecular complexity index is 1360. The van der Waals surface area contributed by atoms with Crippen molar-refractivity contribution in [1.29, 1.82) is 0 Å². The Hall–Kier alpha value is -4.01. The molecule has 9 heteroatoms. The highest BCUT2D eigenvalue weighted by Crippen LogP contribution is 2.37. The van der Waals surface area contributed by atoms with E-state index < -0.39 is 0 Å². The van der Waals surface area contributed by atoms with E-state index in [1.165, 1.54) is 0 Å². The van der Waals surface area contributed by atoms with E-state index in [4.69, 9.17) is 9.97 Å². The van der Waals surface area contributed by atoms with Crippen LogP contribution in [0.1, 0.15) is 86.8 Å². The number of hydrogen-bond acceptors (Lipinski definition) is 7.